The number of aliphatic carboxylic acids is 1. The van der Waals surface area contributed by atoms with Gasteiger partial charge >= 0.3 is 18.0 Å². The van der Waals surface area contributed by atoms with Gasteiger partial charge in [0.1, 0.15) is 18.2 Å². The van der Waals surface area contributed by atoms with Crippen molar-refractivity contribution in [3.05, 3.63) is 0 Å². The number of hydrogen-bond acceptors (Lipinski definition) is 6. The Morgan fingerprint density at radius 1 is 1.24 bits per heavy atom. The first kappa shape index (κ1) is 21.2. The molecule has 0 aromatic carbocycles. The number of ether oxygens (including phenoxy) is 3. The van der Waals surface area contributed by atoms with Crippen molar-refractivity contribution >= 4 is 18.0 Å². The van der Waals surface area contributed by atoms with Crippen molar-refractivity contribution in [3.63, 3.8) is 0 Å². The van der Waals surface area contributed by atoms with Crippen LogP contribution in [0.1, 0.15) is 41.0 Å². The number of nitrogens with zero attached hydrogens (tertiary/aromatic N) is 1. The van der Waals surface area contributed by atoms with E-state index in [1.807, 2.05) is 20.8 Å². The Labute approximate surface area is 148 Å². The topological polar surface area (TPSA) is 102 Å². The van der Waals surface area contributed by atoms with E-state index in [4.69, 9.17) is 14.6 Å². The average Bonchev–Trinajstić information content (AvgIpc) is 2.93. The molecule has 0 spiro atoms. The highest BCUT2D eigenvalue weighted by atomic mass is 16.6. The van der Waals surface area contributed by atoms with E-state index in [1.54, 1.807) is 11.8 Å². The lowest BCUT2D eigenvalue weighted by Crippen LogP contribution is -2.47. The van der Waals surface area contributed by atoms with E-state index in [2.05, 4.69) is 11.7 Å². The summed E-state index contributed by atoms with van der Waals surface area (Å²) < 4.78 is 14.7. The number of likely N-dealkylation sites (tertiary alicyclic amines) is 1. The van der Waals surface area contributed by atoms with Gasteiger partial charge in [0.25, 0.3) is 0 Å². The summed E-state index contributed by atoms with van der Waals surface area (Å²) in [6, 6.07) is -0.328. The summed E-state index contributed by atoms with van der Waals surface area (Å²) in [6.07, 6.45) is 0.298. The maximum atomic E-state index is 12.3. The van der Waals surface area contributed by atoms with Crippen molar-refractivity contribution in [2.75, 3.05) is 20.3 Å². The highest BCUT2D eigenvalue weighted by Crippen LogP contribution is 2.53. The van der Waals surface area contributed by atoms with Crippen LogP contribution in [0, 0.1) is 11.8 Å². The molecular formula is C17H29NO7. The lowest BCUT2D eigenvalue weighted by molar-refractivity contribution is -0.149. The molecule has 1 saturated carbocycles. The molecule has 1 N–H and O–H groups in total. The molecule has 0 aromatic rings. The third kappa shape index (κ3) is 5.88. The third-order valence-electron chi connectivity index (χ3n) is 4.10. The summed E-state index contributed by atoms with van der Waals surface area (Å²) in [6.45, 7) is 9.49. The van der Waals surface area contributed by atoms with Gasteiger partial charge in [0.2, 0.25) is 0 Å². The fourth-order valence-electron chi connectivity index (χ4n) is 3.05. The Hall–Kier alpha value is -1.83. The summed E-state index contributed by atoms with van der Waals surface area (Å²) in [5.74, 6) is -0.370. The van der Waals surface area contributed by atoms with Gasteiger partial charge in [-0.15, -0.1) is 0 Å². The predicted molar refractivity (Wildman–Crippen MR) is 89.1 cm³/mol. The van der Waals surface area contributed by atoms with E-state index in [0.29, 0.717) is 24.9 Å². The molecule has 25 heavy (non-hydrogen) atoms. The standard InChI is InChI=1S/C14H23NO4.C3H6O3/c1-6-18-12(16)10-7-9-8(2)11(9)15(10)13(17)19-14(3,4)5;1-6-2-3(4)5/h8-11H,6-7H2,1-5H3;2H2,1H3,(H,4,5). The maximum Gasteiger partial charge on any atom is 0.411 e. The summed E-state index contributed by atoms with van der Waals surface area (Å²) in [4.78, 5) is 35.3. The zero-order valence-electron chi connectivity index (χ0n) is 15.8. The highest BCUT2D eigenvalue weighted by Gasteiger charge is 2.62. The fourth-order valence-corrected chi connectivity index (χ4v) is 3.05. The molecule has 0 radical (unpaired) electrons. The number of fused-ring (bicyclic) bond motifs is 1. The summed E-state index contributed by atoms with van der Waals surface area (Å²) in [5, 5.41) is 7.79. The van der Waals surface area contributed by atoms with Crippen LogP contribution < -0.4 is 0 Å². The quantitative estimate of drug-likeness (QED) is 0.765. The minimum atomic E-state index is -0.933. The molecule has 4 atom stereocenters. The maximum absolute atomic E-state index is 12.3. The number of hydrogen-bond donors (Lipinski definition) is 1. The van der Waals surface area contributed by atoms with E-state index < -0.39 is 23.7 Å². The molecule has 1 aliphatic heterocycles. The van der Waals surface area contributed by atoms with Crippen molar-refractivity contribution in [3.8, 4) is 0 Å². The van der Waals surface area contributed by atoms with Crippen molar-refractivity contribution in [1.29, 1.82) is 0 Å². The van der Waals surface area contributed by atoms with Crippen LogP contribution in [-0.2, 0) is 23.8 Å². The third-order valence-corrected chi connectivity index (χ3v) is 4.10. The molecule has 8 heteroatoms. The zero-order valence-corrected chi connectivity index (χ0v) is 15.8. The normalized spacial score (nSPS) is 26.9. The molecule has 8 nitrogen and oxygen atoms in total. The number of esters is 1. The van der Waals surface area contributed by atoms with E-state index in [-0.39, 0.29) is 18.6 Å². The molecule has 4 unspecified atom stereocenters. The Kier molecular flexibility index (Phi) is 7.22. The van der Waals surface area contributed by atoms with Crippen molar-refractivity contribution < 1.29 is 33.7 Å². The van der Waals surface area contributed by atoms with Crippen LogP contribution in [0.25, 0.3) is 0 Å². The van der Waals surface area contributed by atoms with Crippen LogP contribution in [0.3, 0.4) is 0 Å². The second kappa shape index (κ2) is 8.51. The van der Waals surface area contributed by atoms with Gasteiger partial charge in [0.05, 0.1) is 6.61 Å². The number of rotatable bonds is 4. The smallest absolute Gasteiger partial charge is 0.411 e. The summed E-state index contributed by atoms with van der Waals surface area (Å²) in [7, 11) is 1.34. The van der Waals surface area contributed by atoms with Crippen molar-refractivity contribution in [2.24, 2.45) is 11.8 Å². The first-order chi connectivity index (χ1) is 11.5. The lowest BCUT2D eigenvalue weighted by atomic mass is 10.1. The van der Waals surface area contributed by atoms with Gasteiger partial charge in [0.15, 0.2) is 0 Å². The van der Waals surface area contributed by atoms with Crippen LogP contribution in [-0.4, -0.2) is 66.0 Å². The molecular weight excluding hydrogens is 330 g/mol. The number of carboxylic acid groups (broad SMARTS) is 1. The Morgan fingerprint density at radius 2 is 1.84 bits per heavy atom. The van der Waals surface area contributed by atoms with E-state index in [9.17, 15) is 14.4 Å². The van der Waals surface area contributed by atoms with Crippen LogP contribution >= 0.6 is 0 Å². The minimum Gasteiger partial charge on any atom is -0.480 e. The van der Waals surface area contributed by atoms with Crippen LogP contribution in [0.4, 0.5) is 4.79 Å². The first-order valence-electron chi connectivity index (χ1n) is 8.42. The van der Waals surface area contributed by atoms with Gasteiger partial charge in [-0.3, -0.25) is 4.90 Å². The number of carbonyl (C=O) groups is 3. The van der Waals surface area contributed by atoms with Crippen molar-refractivity contribution in [1.82, 2.24) is 4.90 Å². The second-order valence-electron chi connectivity index (χ2n) is 7.23. The monoisotopic (exact) mass is 359 g/mol. The number of piperidine rings is 1. The van der Waals surface area contributed by atoms with Gasteiger partial charge in [-0.25, -0.2) is 14.4 Å². The van der Waals surface area contributed by atoms with Crippen LogP contribution in [0.5, 0.6) is 0 Å². The Bertz CT molecular complexity index is 500. The minimum absolute atomic E-state index is 0.143. The van der Waals surface area contributed by atoms with Crippen molar-refractivity contribution in [2.45, 2.75) is 58.7 Å². The summed E-state index contributed by atoms with van der Waals surface area (Å²) >= 11 is 0. The Morgan fingerprint density at radius 3 is 2.24 bits per heavy atom. The molecule has 0 aromatic heterocycles. The number of methoxy groups -OCH3 is 1. The van der Waals surface area contributed by atoms with Gasteiger partial charge < -0.3 is 19.3 Å². The average molecular weight is 359 g/mol. The van der Waals surface area contributed by atoms with Gasteiger partial charge in [0, 0.05) is 13.2 Å². The lowest BCUT2D eigenvalue weighted by Gasteiger charge is -2.30. The molecule has 2 aliphatic rings. The molecule has 1 amide bonds. The molecule has 2 fully saturated rings. The Balaban J connectivity index is 0.000000450. The van der Waals surface area contributed by atoms with Gasteiger partial charge in [-0.1, -0.05) is 6.92 Å². The molecule has 0 bridgehead atoms. The highest BCUT2D eigenvalue weighted by molar-refractivity contribution is 5.83. The van der Waals surface area contributed by atoms with Gasteiger partial charge in [-0.2, -0.15) is 0 Å². The number of amides is 1. The predicted octanol–water partition coefficient (Wildman–Crippen LogP) is 1.91. The first-order valence-corrected chi connectivity index (χ1v) is 8.42. The zero-order chi connectivity index (χ0) is 19.4. The van der Waals surface area contributed by atoms with E-state index >= 15 is 0 Å². The molecule has 1 saturated heterocycles. The number of carbonyl (C=O) groups excluding carboxylic acids is 2. The number of carboxylic acids is 1. The van der Waals surface area contributed by atoms with Crippen LogP contribution in [0.2, 0.25) is 0 Å². The van der Waals surface area contributed by atoms with Gasteiger partial charge in [-0.05, 0) is 46.0 Å². The fraction of sp³-hybridized carbons (Fsp3) is 0.824. The van der Waals surface area contributed by atoms with E-state index in [1.165, 1.54) is 7.11 Å². The molecule has 144 valence electrons. The molecule has 2 rings (SSSR count). The molecule has 1 heterocycles. The largest absolute Gasteiger partial charge is 0.480 e. The molecule has 1 aliphatic carbocycles. The summed E-state index contributed by atoms with van der Waals surface area (Å²) in [5.41, 5.74) is -0.549. The van der Waals surface area contributed by atoms with Crippen LogP contribution in [0.15, 0.2) is 0 Å². The SMILES string of the molecule is CCOC(=O)C1CC2C(C)C2N1C(=O)OC(C)(C)C.COCC(=O)O. The second-order valence-corrected chi connectivity index (χ2v) is 7.23. The van der Waals surface area contributed by atoms with E-state index in [0.717, 1.165) is 0 Å².